The molecule has 0 radical (unpaired) electrons. The Morgan fingerprint density at radius 3 is 2.83 bits per heavy atom. The van der Waals surface area contributed by atoms with Crippen LogP contribution in [0.4, 0.5) is 0 Å². The molecular formula is C12H25N3O2S. The third-order valence-corrected chi connectivity index (χ3v) is 5.47. The van der Waals surface area contributed by atoms with Gasteiger partial charge in [0.2, 0.25) is 10.0 Å². The summed E-state index contributed by atoms with van der Waals surface area (Å²) in [5.41, 5.74) is 0. The lowest BCUT2D eigenvalue weighted by Gasteiger charge is -2.23. The van der Waals surface area contributed by atoms with Gasteiger partial charge >= 0.3 is 0 Å². The number of likely N-dealkylation sites (tertiary alicyclic amines) is 1. The van der Waals surface area contributed by atoms with Crippen molar-refractivity contribution < 1.29 is 8.42 Å². The summed E-state index contributed by atoms with van der Waals surface area (Å²) in [5.74, 6) is 0.228. The van der Waals surface area contributed by atoms with Gasteiger partial charge in [0.15, 0.2) is 0 Å². The molecule has 0 saturated carbocycles. The van der Waals surface area contributed by atoms with Crippen LogP contribution in [0.3, 0.4) is 0 Å². The SMILES string of the molecule is CCN1CCCC1CNS(=O)(=O)CC1CCCN1. The van der Waals surface area contributed by atoms with Gasteiger partial charge in [0.1, 0.15) is 0 Å². The summed E-state index contributed by atoms with van der Waals surface area (Å²) in [5, 5.41) is 3.23. The summed E-state index contributed by atoms with van der Waals surface area (Å²) < 4.78 is 26.7. The van der Waals surface area contributed by atoms with Crippen molar-refractivity contribution in [3.8, 4) is 0 Å². The van der Waals surface area contributed by atoms with E-state index < -0.39 is 10.0 Å². The molecule has 2 atom stereocenters. The quantitative estimate of drug-likeness (QED) is 0.724. The summed E-state index contributed by atoms with van der Waals surface area (Å²) in [4.78, 5) is 2.36. The van der Waals surface area contributed by atoms with Gasteiger partial charge in [-0.2, -0.15) is 0 Å². The Morgan fingerprint density at radius 2 is 2.17 bits per heavy atom. The van der Waals surface area contributed by atoms with Crippen LogP contribution < -0.4 is 10.0 Å². The zero-order chi connectivity index (χ0) is 13.0. The highest BCUT2D eigenvalue weighted by molar-refractivity contribution is 7.89. The Bertz CT molecular complexity index is 352. The smallest absolute Gasteiger partial charge is 0.213 e. The Labute approximate surface area is 110 Å². The highest BCUT2D eigenvalue weighted by Gasteiger charge is 2.26. The van der Waals surface area contributed by atoms with Crippen LogP contribution in [0.1, 0.15) is 32.6 Å². The zero-order valence-corrected chi connectivity index (χ0v) is 12.0. The molecule has 2 fully saturated rings. The molecule has 0 aromatic carbocycles. The van der Waals surface area contributed by atoms with E-state index in [4.69, 9.17) is 0 Å². The van der Waals surface area contributed by atoms with Crippen LogP contribution in [0, 0.1) is 0 Å². The van der Waals surface area contributed by atoms with Crippen LogP contribution in [-0.4, -0.2) is 57.3 Å². The fourth-order valence-electron chi connectivity index (χ4n) is 2.99. The molecule has 2 rings (SSSR count). The number of likely N-dealkylation sites (N-methyl/N-ethyl adjacent to an activating group) is 1. The van der Waals surface area contributed by atoms with Gasteiger partial charge in [-0.3, -0.25) is 4.90 Å². The van der Waals surface area contributed by atoms with Gasteiger partial charge < -0.3 is 5.32 Å². The minimum absolute atomic E-state index is 0.147. The molecule has 0 amide bonds. The first-order valence-corrected chi connectivity index (χ1v) is 8.70. The lowest BCUT2D eigenvalue weighted by Crippen LogP contribution is -2.43. The van der Waals surface area contributed by atoms with E-state index in [1.54, 1.807) is 0 Å². The van der Waals surface area contributed by atoms with Crippen LogP contribution in [0.15, 0.2) is 0 Å². The highest BCUT2D eigenvalue weighted by Crippen LogP contribution is 2.16. The summed E-state index contributed by atoms with van der Waals surface area (Å²) in [6.07, 6.45) is 4.36. The summed E-state index contributed by atoms with van der Waals surface area (Å²) in [6, 6.07) is 0.537. The van der Waals surface area contributed by atoms with Gasteiger partial charge in [0, 0.05) is 18.6 Å². The first-order chi connectivity index (χ1) is 8.61. The molecule has 0 bridgehead atoms. The Morgan fingerprint density at radius 1 is 1.33 bits per heavy atom. The van der Waals surface area contributed by atoms with Crippen molar-refractivity contribution in [1.29, 1.82) is 0 Å². The zero-order valence-electron chi connectivity index (χ0n) is 11.2. The van der Waals surface area contributed by atoms with Crippen LogP contribution in [-0.2, 0) is 10.0 Å². The second kappa shape index (κ2) is 6.32. The van der Waals surface area contributed by atoms with Crippen molar-refractivity contribution >= 4 is 10.0 Å². The molecule has 5 nitrogen and oxygen atoms in total. The van der Waals surface area contributed by atoms with Gasteiger partial charge in [-0.1, -0.05) is 6.92 Å². The maximum Gasteiger partial charge on any atom is 0.213 e. The Balaban J connectivity index is 1.77. The molecule has 2 heterocycles. The molecule has 0 aromatic heterocycles. The monoisotopic (exact) mass is 275 g/mol. The van der Waals surface area contributed by atoms with E-state index >= 15 is 0 Å². The first-order valence-electron chi connectivity index (χ1n) is 7.05. The molecule has 2 aliphatic rings. The van der Waals surface area contributed by atoms with E-state index in [1.165, 1.54) is 6.42 Å². The van der Waals surface area contributed by atoms with Gasteiger partial charge in [-0.15, -0.1) is 0 Å². The lowest BCUT2D eigenvalue weighted by atomic mass is 10.2. The average molecular weight is 275 g/mol. The standard InChI is InChI=1S/C12H25N3O2S/c1-2-15-8-4-6-12(15)9-14-18(16,17)10-11-5-3-7-13-11/h11-14H,2-10H2,1H3. The molecule has 6 heteroatoms. The maximum absolute atomic E-state index is 12.0. The normalized spacial score (nSPS) is 30.1. The summed E-state index contributed by atoms with van der Waals surface area (Å²) >= 11 is 0. The molecule has 18 heavy (non-hydrogen) atoms. The molecular weight excluding hydrogens is 250 g/mol. The topological polar surface area (TPSA) is 61.4 Å². The molecule has 0 spiro atoms. The van der Waals surface area contributed by atoms with Crippen LogP contribution in [0.25, 0.3) is 0 Å². The maximum atomic E-state index is 12.0. The molecule has 2 saturated heterocycles. The van der Waals surface area contributed by atoms with Gasteiger partial charge in [0.25, 0.3) is 0 Å². The fraction of sp³-hybridized carbons (Fsp3) is 1.00. The second-order valence-electron chi connectivity index (χ2n) is 5.35. The van der Waals surface area contributed by atoms with E-state index in [2.05, 4.69) is 21.9 Å². The van der Waals surface area contributed by atoms with Gasteiger partial charge in [-0.25, -0.2) is 13.1 Å². The van der Waals surface area contributed by atoms with Gasteiger partial charge in [0.05, 0.1) is 5.75 Å². The number of hydrogen-bond donors (Lipinski definition) is 2. The molecule has 0 aliphatic carbocycles. The predicted molar refractivity (Wildman–Crippen MR) is 73.1 cm³/mol. The van der Waals surface area contributed by atoms with Crippen molar-refractivity contribution in [3.63, 3.8) is 0 Å². The van der Waals surface area contributed by atoms with Crippen molar-refractivity contribution in [2.45, 2.75) is 44.7 Å². The largest absolute Gasteiger partial charge is 0.313 e. The number of nitrogens with zero attached hydrogens (tertiary/aromatic N) is 1. The predicted octanol–water partition coefficient (Wildman–Crippen LogP) is 0.142. The number of nitrogens with one attached hydrogen (secondary N) is 2. The average Bonchev–Trinajstić information content (AvgIpc) is 2.96. The minimum atomic E-state index is -3.12. The van der Waals surface area contributed by atoms with E-state index in [-0.39, 0.29) is 11.8 Å². The van der Waals surface area contributed by atoms with E-state index in [1.807, 2.05) is 0 Å². The van der Waals surface area contributed by atoms with Crippen molar-refractivity contribution in [2.75, 3.05) is 31.9 Å². The number of rotatable bonds is 6. The number of hydrogen-bond acceptors (Lipinski definition) is 4. The number of sulfonamides is 1. The van der Waals surface area contributed by atoms with Crippen LogP contribution >= 0.6 is 0 Å². The third-order valence-electron chi connectivity index (χ3n) is 4.03. The van der Waals surface area contributed by atoms with Crippen molar-refractivity contribution in [2.24, 2.45) is 0 Å². The molecule has 2 unspecified atom stereocenters. The second-order valence-corrected chi connectivity index (χ2v) is 7.20. The Hall–Kier alpha value is -0.170. The summed E-state index contributed by atoms with van der Waals surface area (Å²) in [6.45, 7) is 5.77. The highest BCUT2D eigenvalue weighted by atomic mass is 32.2. The van der Waals surface area contributed by atoms with Crippen LogP contribution in [0.2, 0.25) is 0 Å². The molecule has 0 aromatic rings. The van der Waals surface area contributed by atoms with Crippen LogP contribution in [0.5, 0.6) is 0 Å². The lowest BCUT2D eigenvalue weighted by molar-refractivity contribution is 0.268. The third kappa shape index (κ3) is 3.91. The van der Waals surface area contributed by atoms with Gasteiger partial charge in [-0.05, 0) is 45.3 Å². The van der Waals surface area contributed by atoms with E-state index in [9.17, 15) is 8.42 Å². The van der Waals surface area contributed by atoms with Crippen molar-refractivity contribution in [1.82, 2.24) is 14.9 Å². The minimum Gasteiger partial charge on any atom is -0.313 e. The molecule has 2 aliphatic heterocycles. The van der Waals surface area contributed by atoms with E-state index in [0.29, 0.717) is 12.6 Å². The molecule has 106 valence electrons. The molecule has 2 N–H and O–H groups in total. The summed E-state index contributed by atoms with van der Waals surface area (Å²) in [7, 11) is -3.12. The first kappa shape index (κ1) is 14.2. The Kier molecular flexibility index (Phi) is 5.00. The fourth-order valence-corrected chi connectivity index (χ4v) is 4.37. The van der Waals surface area contributed by atoms with E-state index in [0.717, 1.165) is 38.9 Å². The van der Waals surface area contributed by atoms with Crippen molar-refractivity contribution in [3.05, 3.63) is 0 Å².